The molecule has 0 aromatic carbocycles. The molecule has 1 atom stereocenters. The average Bonchev–Trinajstić information content (AvgIpc) is 2.50. The Hall–Kier alpha value is -0.900. The van der Waals surface area contributed by atoms with Crippen LogP contribution in [0.4, 0.5) is 0 Å². The molecular formula is C11H21N3O. The van der Waals surface area contributed by atoms with Gasteiger partial charge in [-0.05, 0) is 13.3 Å². The van der Waals surface area contributed by atoms with E-state index in [1.165, 1.54) is 0 Å². The molecule has 0 amide bonds. The number of rotatable bonds is 3. The smallest absolute Gasteiger partial charge is 0.246 e. The number of nitrogens with two attached hydrogens (primary N) is 1. The summed E-state index contributed by atoms with van der Waals surface area (Å²) in [6, 6.07) is 0. The van der Waals surface area contributed by atoms with E-state index in [1.54, 1.807) is 0 Å². The standard InChI is InChI=1S/C11H21N3O/c1-6-7-11(5,12)9-13-8(14-15-9)10(2,3)4/h6-7,12H2,1-5H3. The van der Waals surface area contributed by atoms with E-state index in [1.807, 2.05) is 6.92 Å². The van der Waals surface area contributed by atoms with Crippen molar-refractivity contribution in [3.05, 3.63) is 11.7 Å². The zero-order valence-electron chi connectivity index (χ0n) is 10.3. The minimum atomic E-state index is -0.509. The minimum Gasteiger partial charge on any atom is -0.337 e. The molecule has 1 rings (SSSR count). The highest BCUT2D eigenvalue weighted by Crippen LogP contribution is 2.25. The van der Waals surface area contributed by atoms with Gasteiger partial charge in [0.1, 0.15) is 0 Å². The van der Waals surface area contributed by atoms with E-state index in [0.717, 1.165) is 12.8 Å². The Morgan fingerprint density at radius 1 is 1.27 bits per heavy atom. The monoisotopic (exact) mass is 211 g/mol. The lowest BCUT2D eigenvalue weighted by molar-refractivity contribution is 0.280. The SMILES string of the molecule is CCCC(C)(N)c1nc(C(C)(C)C)no1. The minimum absolute atomic E-state index is 0.0932. The Morgan fingerprint density at radius 2 is 1.87 bits per heavy atom. The van der Waals surface area contributed by atoms with Crippen molar-refractivity contribution in [3.63, 3.8) is 0 Å². The molecule has 0 fully saturated rings. The summed E-state index contributed by atoms with van der Waals surface area (Å²) in [5.74, 6) is 1.25. The predicted octanol–water partition coefficient (Wildman–Crippen LogP) is 2.34. The fraction of sp³-hybridized carbons (Fsp3) is 0.818. The first-order valence-corrected chi connectivity index (χ1v) is 5.41. The van der Waals surface area contributed by atoms with E-state index in [0.29, 0.717) is 11.7 Å². The molecular weight excluding hydrogens is 190 g/mol. The molecule has 0 aliphatic rings. The van der Waals surface area contributed by atoms with Crippen molar-refractivity contribution in [1.29, 1.82) is 0 Å². The van der Waals surface area contributed by atoms with Gasteiger partial charge in [-0.25, -0.2) is 0 Å². The van der Waals surface area contributed by atoms with Crippen LogP contribution in [-0.4, -0.2) is 10.1 Å². The Balaban J connectivity index is 2.94. The average molecular weight is 211 g/mol. The lowest BCUT2D eigenvalue weighted by atomic mass is 9.95. The first kappa shape index (κ1) is 12.2. The first-order valence-electron chi connectivity index (χ1n) is 5.41. The molecule has 4 heteroatoms. The zero-order valence-corrected chi connectivity index (χ0v) is 10.3. The second kappa shape index (κ2) is 3.93. The van der Waals surface area contributed by atoms with Gasteiger partial charge in [-0.3, -0.25) is 0 Å². The Kier molecular flexibility index (Phi) is 3.19. The highest BCUT2D eigenvalue weighted by Gasteiger charge is 2.30. The van der Waals surface area contributed by atoms with Gasteiger partial charge in [0.25, 0.3) is 0 Å². The van der Waals surface area contributed by atoms with Crippen LogP contribution in [0.5, 0.6) is 0 Å². The van der Waals surface area contributed by atoms with Crippen LogP contribution < -0.4 is 5.73 Å². The highest BCUT2D eigenvalue weighted by molar-refractivity contribution is 5.05. The third-order valence-electron chi connectivity index (χ3n) is 2.35. The van der Waals surface area contributed by atoms with Gasteiger partial charge in [0, 0.05) is 5.41 Å². The van der Waals surface area contributed by atoms with Crippen LogP contribution in [0, 0.1) is 0 Å². The zero-order chi connectivity index (χ0) is 11.7. The maximum absolute atomic E-state index is 6.11. The number of nitrogens with zero attached hydrogens (tertiary/aromatic N) is 2. The third kappa shape index (κ3) is 2.78. The van der Waals surface area contributed by atoms with Crippen LogP contribution in [-0.2, 0) is 11.0 Å². The van der Waals surface area contributed by atoms with E-state index in [2.05, 4.69) is 37.8 Å². The molecule has 0 bridgehead atoms. The summed E-state index contributed by atoms with van der Waals surface area (Å²) >= 11 is 0. The maximum Gasteiger partial charge on any atom is 0.246 e. The number of aromatic nitrogens is 2. The van der Waals surface area contributed by atoms with Crippen molar-refractivity contribution < 1.29 is 4.52 Å². The molecule has 0 saturated heterocycles. The molecule has 1 heterocycles. The maximum atomic E-state index is 6.11. The lowest BCUT2D eigenvalue weighted by Gasteiger charge is -2.18. The van der Waals surface area contributed by atoms with Crippen molar-refractivity contribution in [3.8, 4) is 0 Å². The van der Waals surface area contributed by atoms with Gasteiger partial charge < -0.3 is 10.3 Å². The summed E-state index contributed by atoms with van der Waals surface area (Å²) in [6.07, 6.45) is 1.85. The number of hydrogen-bond acceptors (Lipinski definition) is 4. The molecule has 2 N–H and O–H groups in total. The quantitative estimate of drug-likeness (QED) is 0.833. The molecule has 1 aromatic heterocycles. The molecule has 1 aromatic rings. The highest BCUT2D eigenvalue weighted by atomic mass is 16.5. The predicted molar refractivity (Wildman–Crippen MR) is 59.4 cm³/mol. The van der Waals surface area contributed by atoms with Crippen LogP contribution in [0.15, 0.2) is 4.52 Å². The Labute approximate surface area is 91.2 Å². The molecule has 15 heavy (non-hydrogen) atoms. The summed E-state index contributed by atoms with van der Waals surface area (Å²) in [4.78, 5) is 4.37. The molecule has 0 aliphatic carbocycles. The van der Waals surface area contributed by atoms with Crippen molar-refractivity contribution in [1.82, 2.24) is 10.1 Å². The first-order chi connectivity index (χ1) is 6.77. The summed E-state index contributed by atoms with van der Waals surface area (Å²) in [6.45, 7) is 10.2. The van der Waals surface area contributed by atoms with Gasteiger partial charge in [-0.15, -0.1) is 0 Å². The summed E-state index contributed by atoms with van der Waals surface area (Å²) in [5.41, 5.74) is 5.51. The normalized spacial score (nSPS) is 16.4. The summed E-state index contributed by atoms with van der Waals surface area (Å²) in [5, 5.41) is 3.97. The second-order valence-corrected chi connectivity index (χ2v) is 5.34. The van der Waals surface area contributed by atoms with Gasteiger partial charge >= 0.3 is 0 Å². The summed E-state index contributed by atoms with van der Waals surface area (Å²) < 4.78 is 5.22. The molecule has 1 unspecified atom stereocenters. The van der Waals surface area contributed by atoms with Crippen molar-refractivity contribution in [2.24, 2.45) is 5.73 Å². The molecule has 0 saturated carbocycles. The van der Waals surface area contributed by atoms with Crippen molar-refractivity contribution in [2.75, 3.05) is 0 Å². The van der Waals surface area contributed by atoms with E-state index < -0.39 is 5.54 Å². The molecule has 0 aliphatic heterocycles. The molecule has 86 valence electrons. The lowest BCUT2D eigenvalue weighted by Crippen LogP contribution is -2.33. The van der Waals surface area contributed by atoms with Crippen LogP contribution >= 0.6 is 0 Å². The fourth-order valence-corrected chi connectivity index (χ4v) is 1.39. The van der Waals surface area contributed by atoms with Gasteiger partial charge in [0.2, 0.25) is 5.89 Å². The summed E-state index contributed by atoms with van der Waals surface area (Å²) in [7, 11) is 0. The largest absolute Gasteiger partial charge is 0.337 e. The van der Waals surface area contributed by atoms with Crippen LogP contribution in [0.1, 0.15) is 59.2 Å². The van der Waals surface area contributed by atoms with Crippen LogP contribution in [0.2, 0.25) is 0 Å². The van der Waals surface area contributed by atoms with Gasteiger partial charge in [0.05, 0.1) is 5.54 Å². The van der Waals surface area contributed by atoms with E-state index >= 15 is 0 Å². The number of hydrogen-bond donors (Lipinski definition) is 1. The van der Waals surface area contributed by atoms with Crippen molar-refractivity contribution >= 4 is 0 Å². The molecule has 0 radical (unpaired) electrons. The van der Waals surface area contributed by atoms with Gasteiger partial charge in [0.15, 0.2) is 5.82 Å². The molecule has 0 spiro atoms. The Bertz CT molecular complexity index is 323. The van der Waals surface area contributed by atoms with E-state index in [4.69, 9.17) is 10.3 Å². The van der Waals surface area contributed by atoms with E-state index in [-0.39, 0.29) is 5.41 Å². The van der Waals surface area contributed by atoms with Gasteiger partial charge in [-0.2, -0.15) is 4.98 Å². The van der Waals surface area contributed by atoms with Crippen LogP contribution in [0.25, 0.3) is 0 Å². The second-order valence-electron chi connectivity index (χ2n) is 5.34. The van der Waals surface area contributed by atoms with Crippen LogP contribution in [0.3, 0.4) is 0 Å². The molecule has 4 nitrogen and oxygen atoms in total. The Morgan fingerprint density at radius 3 is 2.27 bits per heavy atom. The third-order valence-corrected chi connectivity index (χ3v) is 2.35. The topological polar surface area (TPSA) is 64.9 Å². The van der Waals surface area contributed by atoms with Crippen molar-refractivity contribution in [2.45, 2.75) is 58.4 Å². The van der Waals surface area contributed by atoms with E-state index in [9.17, 15) is 0 Å². The van der Waals surface area contributed by atoms with Gasteiger partial charge in [-0.1, -0.05) is 39.3 Å². The fourth-order valence-electron chi connectivity index (χ4n) is 1.39.